The third-order valence-corrected chi connectivity index (χ3v) is 3.97. The summed E-state index contributed by atoms with van der Waals surface area (Å²) in [6, 6.07) is 15.9. The molecule has 112 valence electrons. The van der Waals surface area contributed by atoms with Crippen LogP contribution in [0.2, 0.25) is 0 Å². The SMILES string of the molecule is CC(C)c1ccc(C(C)N[C@@H](C)c2ccc(F)cc2)cc1. The molecule has 1 N–H and O–H groups in total. The second-order valence-electron chi connectivity index (χ2n) is 5.98. The van der Waals surface area contributed by atoms with Crippen LogP contribution in [0.4, 0.5) is 4.39 Å². The van der Waals surface area contributed by atoms with E-state index < -0.39 is 0 Å². The van der Waals surface area contributed by atoms with Crippen LogP contribution >= 0.6 is 0 Å². The monoisotopic (exact) mass is 285 g/mol. The average molecular weight is 285 g/mol. The summed E-state index contributed by atoms with van der Waals surface area (Å²) in [6.45, 7) is 8.66. The molecule has 1 nitrogen and oxygen atoms in total. The summed E-state index contributed by atoms with van der Waals surface area (Å²) in [5.41, 5.74) is 3.73. The molecule has 0 saturated heterocycles. The summed E-state index contributed by atoms with van der Waals surface area (Å²) in [5, 5.41) is 3.56. The van der Waals surface area contributed by atoms with Gasteiger partial charge in [-0.05, 0) is 48.6 Å². The Morgan fingerprint density at radius 2 is 1.05 bits per heavy atom. The minimum atomic E-state index is -0.191. The van der Waals surface area contributed by atoms with E-state index in [2.05, 4.69) is 57.3 Å². The maximum atomic E-state index is 13.0. The normalized spacial score (nSPS) is 14.2. The van der Waals surface area contributed by atoms with Crippen molar-refractivity contribution in [2.24, 2.45) is 0 Å². The Morgan fingerprint density at radius 3 is 1.48 bits per heavy atom. The molecule has 2 aromatic carbocycles. The average Bonchev–Trinajstić information content (AvgIpc) is 2.47. The first-order valence-electron chi connectivity index (χ1n) is 7.58. The van der Waals surface area contributed by atoms with Crippen LogP contribution in [0.3, 0.4) is 0 Å². The first-order valence-corrected chi connectivity index (χ1v) is 7.58. The van der Waals surface area contributed by atoms with Crippen molar-refractivity contribution in [3.63, 3.8) is 0 Å². The Morgan fingerprint density at radius 1 is 0.667 bits per heavy atom. The lowest BCUT2D eigenvalue weighted by atomic mass is 9.99. The molecule has 2 heteroatoms. The molecule has 0 bridgehead atoms. The van der Waals surface area contributed by atoms with Crippen molar-refractivity contribution in [2.45, 2.75) is 45.7 Å². The van der Waals surface area contributed by atoms with Crippen LogP contribution in [0.25, 0.3) is 0 Å². The predicted octanol–water partition coefficient (Wildman–Crippen LogP) is 5.36. The van der Waals surface area contributed by atoms with E-state index in [0.717, 1.165) is 5.56 Å². The van der Waals surface area contributed by atoms with Gasteiger partial charge in [-0.15, -0.1) is 0 Å². The molecule has 0 fully saturated rings. The van der Waals surface area contributed by atoms with Crippen LogP contribution in [-0.4, -0.2) is 0 Å². The molecule has 2 atom stereocenters. The molecule has 2 rings (SSSR count). The second kappa shape index (κ2) is 6.86. The van der Waals surface area contributed by atoms with Gasteiger partial charge in [0, 0.05) is 12.1 Å². The topological polar surface area (TPSA) is 12.0 Å². The van der Waals surface area contributed by atoms with Crippen molar-refractivity contribution in [1.29, 1.82) is 0 Å². The van der Waals surface area contributed by atoms with Gasteiger partial charge in [0.15, 0.2) is 0 Å². The maximum Gasteiger partial charge on any atom is 0.123 e. The van der Waals surface area contributed by atoms with E-state index >= 15 is 0 Å². The molecule has 0 radical (unpaired) electrons. The van der Waals surface area contributed by atoms with Crippen molar-refractivity contribution >= 4 is 0 Å². The standard InChI is InChI=1S/C19H24FN/c1-13(2)16-5-7-17(8-6-16)14(3)21-15(4)18-9-11-19(20)12-10-18/h5-15,21H,1-4H3/t14?,15-/m0/s1. The van der Waals surface area contributed by atoms with E-state index in [1.54, 1.807) is 0 Å². The lowest BCUT2D eigenvalue weighted by Crippen LogP contribution is -2.22. The number of benzene rings is 2. The molecule has 0 spiro atoms. The van der Waals surface area contributed by atoms with Gasteiger partial charge in [-0.3, -0.25) is 0 Å². The molecule has 21 heavy (non-hydrogen) atoms. The molecular weight excluding hydrogens is 261 g/mol. The highest BCUT2D eigenvalue weighted by Crippen LogP contribution is 2.22. The minimum Gasteiger partial charge on any atom is -0.304 e. The fourth-order valence-electron chi connectivity index (χ4n) is 2.49. The quantitative estimate of drug-likeness (QED) is 0.779. The molecule has 0 aliphatic carbocycles. The van der Waals surface area contributed by atoms with Gasteiger partial charge < -0.3 is 5.32 Å². The molecule has 0 saturated carbocycles. The highest BCUT2D eigenvalue weighted by molar-refractivity contribution is 5.27. The van der Waals surface area contributed by atoms with Crippen LogP contribution in [0.1, 0.15) is 62.4 Å². The van der Waals surface area contributed by atoms with Gasteiger partial charge in [-0.25, -0.2) is 4.39 Å². The zero-order valence-corrected chi connectivity index (χ0v) is 13.2. The smallest absolute Gasteiger partial charge is 0.123 e. The first-order chi connectivity index (χ1) is 9.97. The minimum absolute atomic E-state index is 0.186. The van der Waals surface area contributed by atoms with E-state index in [-0.39, 0.29) is 17.9 Å². The highest BCUT2D eigenvalue weighted by atomic mass is 19.1. The van der Waals surface area contributed by atoms with Crippen molar-refractivity contribution < 1.29 is 4.39 Å². The Labute approximate surface area is 127 Å². The Bertz CT molecular complexity index is 557. The number of halogens is 1. The molecule has 0 aliphatic rings. The van der Waals surface area contributed by atoms with E-state index in [9.17, 15) is 4.39 Å². The van der Waals surface area contributed by atoms with E-state index in [0.29, 0.717) is 5.92 Å². The largest absolute Gasteiger partial charge is 0.304 e. The van der Waals surface area contributed by atoms with Crippen molar-refractivity contribution in [3.05, 3.63) is 71.0 Å². The Hall–Kier alpha value is -1.67. The number of rotatable bonds is 5. The van der Waals surface area contributed by atoms with Gasteiger partial charge in [-0.2, -0.15) is 0 Å². The van der Waals surface area contributed by atoms with E-state index in [4.69, 9.17) is 0 Å². The lowest BCUT2D eigenvalue weighted by Gasteiger charge is -2.21. The van der Waals surface area contributed by atoms with Gasteiger partial charge >= 0.3 is 0 Å². The summed E-state index contributed by atoms with van der Waals surface area (Å²) in [7, 11) is 0. The number of hydrogen-bond acceptors (Lipinski definition) is 1. The Balaban J connectivity index is 2.03. The summed E-state index contributed by atoms with van der Waals surface area (Å²) in [4.78, 5) is 0. The van der Waals surface area contributed by atoms with E-state index in [1.165, 1.54) is 23.3 Å². The van der Waals surface area contributed by atoms with Crippen LogP contribution < -0.4 is 5.32 Å². The van der Waals surface area contributed by atoms with Crippen LogP contribution in [-0.2, 0) is 0 Å². The van der Waals surface area contributed by atoms with E-state index in [1.807, 2.05) is 12.1 Å². The molecule has 0 amide bonds. The molecule has 1 unspecified atom stereocenters. The highest BCUT2D eigenvalue weighted by Gasteiger charge is 2.11. The molecular formula is C19H24FN. The van der Waals surface area contributed by atoms with Gasteiger partial charge in [0.05, 0.1) is 0 Å². The number of hydrogen-bond donors (Lipinski definition) is 1. The van der Waals surface area contributed by atoms with Gasteiger partial charge in [-0.1, -0.05) is 50.2 Å². The van der Waals surface area contributed by atoms with Crippen LogP contribution in [0.5, 0.6) is 0 Å². The van der Waals surface area contributed by atoms with Crippen LogP contribution in [0.15, 0.2) is 48.5 Å². The number of nitrogens with one attached hydrogen (secondary N) is 1. The summed E-state index contributed by atoms with van der Waals surface area (Å²) < 4.78 is 13.0. The Kier molecular flexibility index (Phi) is 5.13. The first kappa shape index (κ1) is 15.7. The zero-order chi connectivity index (χ0) is 15.4. The predicted molar refractivity (Wildman–Crippen MR) is 86.9 cm³/mol. The van der Waals surface area contributed by atoms with Gasteiger partial charge in [0.2, 0.25) is 0 Å². The third kappa shape index (κ3) is 4.15. The summed E-state index contributed by atoms with van der Waals surface area (Å²) in [5.74, 6) is 0.365. The molecule has 2 aromatic rings. The fourth-order valence-corrected chi connectivity index (χ4v) is 2.49. The molecule has 0 aliphatic heterocycles. The second-order valence-corrected chi connectivity index (χ2v) is 5.98. The fraction of sp³-hybridized carbons (Fsp3) is 0.368. The van der Waals surface area contributed by atoms with Crippen molar-refractivity contribution in [3.8, 4) is 0 Å². The molecule has 0 heterocycles. The third-order valence-electron chi connectivity index (χ3n) is 3.97. The van der Waals surface area contributed by atoms with Gasteiger partial charge in [0.1, 0.15) is 5.82 Å². The van der Waals surface area contributed by atoms with Crippen molar-refractivity contribution in [2.75, 3.05) is 0 Å². The lowest BCUT2D eigenvalue weighted by molar-refractivity contribution is 0.493. The zero-order valence-electron chi connectivity index (χ0n) is 13.2. The maximum absolute atomic E-state index is 13.0. The molecule has 0 aromatic heterocycles. The summed E-state index contributed by atoms with van der Waals surface area (Å²) in [6.07, 6.45) is 0. The van der Waals surface area contributed by atoms with Crippen molar-refractivity contribution in [1.82, 2.24) is 5.32 Å². The summed E-state index contributed by atoms with van der Waals surface area (Å²) >= 11 is 0. The van der Waals surface area contributed by atoms with Crippen LogP contribution in [0, 0.1) is 5.82 Å². The van der Waals surface area contributed by atoms with Gasteiger partial charge in [0.25, 0.3) is 0 Å².